The van der Waals surface area contributed by atoms with Crippen molar-refractivity contribution < 1.29 is 9.59 Å². The van der Waals surface area contributed by atoms with E-state index in [2.05, 4.69) is 20.2 Å². The molecule has 2 aromatic rings. The fourth-order valence-electron chi connectivity index (χ4n) is 3.21. The van der Waals surface area contributed by atoms with Gasteiger partial charge >= 0.3 is 0 Å². The third-order valence-electron chi connectivity index (χ3n) is 4.70. The molecule has 1 unspecified atom stereocenters. The quantitative estimate of drug-likeness (QED) is 0.870. The molecular weight excluding hydrogens is 342 g/mol. The van der Waals surface area contributed by atoms with E-state index in [1.54, 1.807) is 18.5 Å². The van der Waals surface area contributed by atoms with E-state index in [4.69, 9.17) is 0 Å². The van der Waals surface area contributed by atoms with Gasteiger partial charge in [0, 0.05) is 45.5 Å². The van der Waals surface area contributed by atoms with Crippen molar-refractivity contribution in [2.45, 2.75) is 26.3 Å². The lowest BCUT2D eigenvalue weighted by Gasteiger charge is -2.35. The van der Waals surface area contributed by atoms with Gasteiger partial charge < -0.3 is 15.1 Å². The first-order valence-electron chi connectivity index (χ1n) is 9.16. The Hall–Kier alpha value is -2.96. The average molecular weight is 367 g/mol. The summed E-state index contributed by atoms with van der Waals surface area (Å²) in [5.74, 6) is 0.600. The molecule has 1 aromatic heterocycles. The number of hydrogen-bond acceptors (Lipinski definition) is 5. The molecule has 0 radical (unpaired) electrons. The summed E-state index contributed by atoms with van der Waals surface area (Å²) in [7, 11) is 0. The molecule has 1 N–H and O–H groups in total. The lowest BCUT2D eigenvalue weighted by molar-refractivity contribution is -0.132. The SMILES string of the molecule is CC(=O)NC(CC(=O)N1CCN(c2ncccn2)CC1)c1ccc(C)cc1. The summed E-state index contributed by atoms with van der Waals surface area (Å²) < 4.78 is 0. The van der Waals surface area contributed by atoms with Crippen molar-refractivity contribution in [2.24, 2.45) is 0 Å². The summed E-state index contributed by atoms with van der Waals surface area (Å²) in [6, 6.07) is 9.39. The van der Waals surface area contributed by atoms with Gasteiger partial charge in [0.05, 0.1) is 12.5 Å². The van der Waals surface area contributed by atoms with Crippen LogP contribution in [-0.4, -0.2) is 52.9 Å². The van der Waals surface area contributed by atoms with Crippen LogP contribution in [0.2, 0.25) is 0 Å². The Morgan fingerprint density at radius 2 is 1.70 bits per heavy atom. The summed E-state index contributed by atoms with van der Waals surface area (Å²) in [5.41, 5.74) is 2.09. The van der Waals surface area contributed by atoms with Crippen LogP contribution in [0.15, 0.2) is 42.7 Å². The highest BCUT2D eigenvalue weighted by Gasteiger charge is 2.25. The molecule has 27 heavy (non-hydrogen) atoms. The number of carbonyl (C=O) groups is 2. The van der Waals surface area contributed by atoms with Crippen LogP contribution in [-0.2, 0) is 9.59 Å². The molecule has 2 amide bonds. The number of carbonyl (C=O) groups excluding carboxylic acids is 2. The molecule has 1 atom stereocenters. The molecule has 1 aliphatic rings. The van der Waals surface area contributed by atoms with Gasteiger partial charge in [-0.3, -0.25) is 9.59 Å². The zero-order chi connectivity index (χ0) is 19.2. The first kappa shape index (κ1) is 18.8. The maximum absolute atomic E-state index is 12.8. The van der Waals surface area contributed by atoms with Gasteiger partial charge in [0.25, 0.3) is 0 Å². The Balaban J connectivity index is 1.61. The topological polar surface area (TPSA) is 78.4 Å². The van der Waals surface area contributed by atoms with Gasteiger partial charge in [0.15, 0.2) is 0 Å². The number of hydrogen-bond donors (Lipinski definition) is 1. The van der Waals surface area contributed by atoms with E-state index in [0.29, 0.717) is 32.1 Å². The van der Waals surface area contributed by atoms with Crippen molar-refractivity contribution in [1.29, 1.82) is 0 Å². The van der Waals surface area contributed by atoms with Crippen molar-refractivity contribution in [3.05, 3.63) is 53.9 Å². The van der Waals surface area contributed by atoms with Gasteiger partial charge in [0.2, 0.25) is 17.8 Å². The fraction of sp³-hybridized carbons (Fsp3) is 0.400. The number of benzene rings is 1. The van der Waals surface area contributed by atoms with Gasteiger partial charge in [-0.15, -0.1) is 0 Å². The molecule has 0 saturated carbocycles. The maximum Gasteiger partial charge on any atom is 0.225 e. The van der Waals surface area contributed by atoms with Crippen molar-refractivity contribution in [3.8, 4) is 0 Å². The average Bonchev–Trinajstić information content (AvgIpc) is 2.68. The molecule has 0 spiro atoms. The molecule has 1 aromatic carbocycles. The summed E-state index contributed by atoms with van der Waals surface area (Å²) in [4.78, 5) is 36.8. The molecule has 1 aliphatic heterocycles. The third-order valence-corrected chi connectivity index (χ3v) is 4.70. The summed E-state index contributed by atoms with van der Waals surface area (Å²) in [6.07, 6.45) is 3.70. The monoisotopic (exact) mass is 367 g/mol. The fourth-order valence-corrected chi connectivity index (χ4v) is 3.21. The van der Waals surface area contributed by atoms with E-state index in [0.717, 1.165) is 11.1 Å². The van der Waals surface area contributed by atoms with Crippen LogP contribution in [0.3, 0.4) is 0 Å². The van der Waals surface area contributed by atoms with Crippen molar-refractivity contribution >= 4 is 17.8 Å². The van der Waals surface area contributed by atoms with Crippen LogP contribution in [0.5, 0.6) is 0 Å². The van der Waals surface area contributed by atoms with Crippen LogP contribution in [0.1, 0.15) is 30.5 Å². The molecule has 0 aliphatic carbocycles. The second-order valence-electron chi connectivity index (χ2n) is 6.78. The predicted molar refractivity (Wildman–Crippen MR) is 103 cm³/mol. The van der Waals surface area contributed by atoms with E-state index in [-0.39, 0.29) is 24.3 Å². The van der Waals surface area contributed by atoms with Crippen LogP contribution in [0.4, 0.5) is 5.95 Å². The van der Waals surface area contributed by atoms with Crippen molar-refractivity contribution in [2.75, 3.05) is 31.1 Å². The van der Waals surface area contributed by atoms with Gasteiger partial charge in [-0.05, 0) is 18.6 Å². The van der Waals surface area contributed by atoms with Gasteiger partial charge in [-0.1, -0.05) is 29.8 Å². The number of aryl methyl sites for hydroxylation is 1. The van der Waals surface area contributed by atoms with Gasteiger partial charge in [-0.2, -0.15) is 0 Å². The zero-order valence-electron chi connectivity index (χ0n) is 15.8. The molecule has 7 nitrogen and oxygen atoms in total. The molecule has 1 fully saturated rings. The minimum Gasteiger partial charge on any atom is -0.349 e. The Kier molecular flexibility index (Phi) is 6.01. The largest absolute Gasteiger partial charge is 0.349 e. The lowest BCUT2D eigenvalue weighted by Crippen LogP contribution is -2.50. The summed E-state index contributed by atoms with van der Waals surface area (Å²) in [5, 5.41) is 2.90. The highest BCUT2D eigenvalue weighted by molar-refractivity contribution is 5.79. The number of nitrogens with one attached hydrogen (secondary N) is 1. The number of nitrogens with zero attached hydrogens (tertiary/aromatic N) is 4. The van der Waals surface area contributed by atoms with E-state index < -0.39 is 0 Å². The molecule has 7 heteroatoms. The Morgan fingerprint density at radius 1 is 1.07 bits per heavy atom. The summed E-state index contributed by atoms with van der Waals surface area (Å²) >= 11 is 0. The normalized spacial score (nSPS) is 15.3. The van der Waals surface area contributed by atoms with E-state index in [9.17, 15) is 9.59 Å². The smallest absolute Gasteiger partial charge is 0.225 e. The number of piperazine rings is 1. The van der Waals surface area contributed by atoms with Crippen molar-refractivity contribution in [3.63, 3.8) is 0 Å². The second-order valence-corrected chi connectivity index (χ2v) is 6.78. The Bertz CT molecular complexity index is 771. The van der Waals surface area contributed by atoms with E-state index in [1.165, 1.54) is 6.92 Å². The number of rotatable bonds is 5. The van der Waals surface area contributed by atoms with E-state index in [1.807, 2.05) is 36.1 Å². The standard InChI is InChI=1S/C20H25N5O2/c1-15-4-6-17(7-5-15)18(23-16(2)26)14-19(27)24-10-12-25(13-11-24)20-21-8-3-9-22-20/h3-9,18H,10-14H2,1-2H3,(H,23,26). The van der Waals surface area contributed by atoms with Crippen LogP contribution < -0.4 is 10.2 Å². The number of anilines is 1. The number of aromatic nitrogens is 2. The van der Waals surface area contributed by atoms with Crippen molar-refractivity contribution in [1.82, 2.24) is 20.2 Å². The molecule has 1 saturated heterocycles. The first-order chi connectivity index (χ1) is 13.0. The van der Waals surface area contributed by atoms with Gasteiger partial charge in [-0.25, -0.2) is 9.97 Å². The van der Waals surface area contributed by atoms with Crippen LogP contribution in [0, 0.1) is 6.92 Å². The minimum atomic E-state index is -0.314. The molecule has 3 rings (SSSR count). The number of amides is 2. The predicted octanol–water partition coefficient (Wildman–Crippen LogP) is 1.70. The molecule has 0 bridgehead atoms. The van der Waals surface area contributed by atoms with Gasteiger partial charge in [0.1, 0.15) is 0 Å². The van der Waals surface area contributed by atoms with Crippen LogP contribution in [0.25, 0.3) is 0 Å². The molecular formula is C20H25N5O2. The van der Waals surface area contributed by atoms with Crippen LogP contribution >= 0.6 is 0 Å². The maximum atomic E-state index is 12.8. The highest BCUT2D eigenvalue weighted by atomic mass is 16.2. The minimum absolute atomic E-state index is 0.0444. The Labute approximate surface area is 159 Å². The summed E-state index contributed by atoms with van der Waals surface area (Å²) in [6.45, 7) is 6.13. The molecule has 2 heterocycles. The Morgan fingerprint density at radius 3 is 2.30 bits per heavy atom. The second kappa shape index (κ2) is 8.62. The van der Waals surface area contributed by atoms with E-state index >= 15 is 0 Å². The molecule has 142 valence electrons. The highest BCUT2D eigenvalue weighted by Crippen LogP contribution is 2.20. The lowest BCUT2D eigenvalue weighted by atomic mass is 10.0. The first-order valence-corrected chi connectivity index (χ1v) is 9.16. The third kappa shape index (κ3) is 5.03. The zero-order valence-corrected chi connectivity index (χ0v) is 15.8.